The highest BCUT2D eigenvalue weighted by molar-refractivity contribution is 6.34. The number of amides is 1. The van der Waals surface area contributed by atoms with Gasteiger partial charge in [0.1, 0.15) is 6.04 Å². The SMILES string of the molecule is [C-]#[N+]c1ccc(N[C@@H](c2nnc(-c3ccc(NC(C)=O)cc3)o2)[C@@H](C)O)c(C)c1Cl. The molecule has 1 heterocycles. The zero-order valence-electron chi connectivity index (χ0n) is 16.6. The molecule has 1 aromatic heterocycles. The van der Waals surface area contributed by atoms with Crippen LogP contribution in [0.1, 0.15) is 31.3 Å². The fraction of sp³-hybridized carbons (Fsp3) is 0.238. The highest BCUT2D eigenvalue weighted by Crippen LogP contribution is 2.35. The third kappa shape index (κ3) is 4.59. The van der Waals surface area contributed by atoms with E-state index >= 15 is 0 Å². The van der Waals surface area contributed by atoms with Crippen LogP contribution in [0.5, 0.6) is 0 Å². The number of aliphatic hydroxyl groups excluding tert-OH is 1. The van der Waals surface area contributed by atoms with Crippen LogP contribution in [0.4, 0.5) is 17.1 Å². The quantitative estimate of drug-likeness (QED) is 0.492. The number of halogens is 1. The van der Waals surface area contributed by atoms with Gasteiger partial charge in [-0.05, 0) is 49.7 Å². The van der Waals surface area contributed by atoms with Gasteiger partial charge in [0.15, 0.2) is 0 Å². The van der Waals surface area contributed by atoms with Crippen molar-refractivity contribution in [3.05, 3.63) is 64.3 Å². The Hall–Kier alpha value is -3.41. The third-order valence-electron chi connectivity index (χ3n) is 4.44. The number of hydrogen-bond acceptors (Lipinski definition) is 6. The summed E-state index contributed by atoms with van der Waals surface area (Å²) in [5.41, 5.74) is 3.02. The van der Waals surface area contributed by atoms with E-state index in [4.69, 9.17) is 22.6 Å². The molecule has 0 aliphatic carbocycles. The zero-order valence-corrected chi connectivity index (χ0v) is 17.4. The number of aromatic nitrogens is 2. The van der Waals surface area contributed by atoms with Crippen LogP contribution in [0.3, 0.4) is 0 Å². The molecule has 9 heteroatoms. The van der Waals surface area contributed by atoms with Crippen molar-refractivity contribution in [1.82, 2.24) is 10.2 Å². The predicted octanol–water partition coefficient (Wildman–Crippen LogP) is 4.74. The summed E-state index contributed by atoms with van der Waals surface area (Å²) >= 11 is 6.24. The molecule has 3 rings (SSSR count). The average Bonchev–Trinajstić information content (AvgIpc) is 3.18. The van der Waals surface area contributed by atoms with Gasteiger partial charge in [-0.3, -0.25) is 4.79 Å². The molecular weight excluding hydrogens is 406 g/mol. The molecule has 3 N–H and O–H groups in total. The summed E-state index contributed by atoms with van der Waals surface area (Å²) in [5, 5.41) is 24.6. The topological polar surface area (TPSA) is 105 Å². The number of benzene rings is 2. The van der Waals surface area contributed by atoms with E-state index in [9.17, 15) is 9.90 Å². The molecule has 30 heavy (non-hydrogen) atoms. The fourth-order valence-corrected chi connectivity index (χ4v) is 3.05. The molecule has 0 aliphatic rings. The number of carbonyl (C=O) groups is 1. The van der Waals surface area contributed by atoms with Gasteiger partial charge in [0.05, 0.1) is 17.7 Å². The zero-order chi connectivity index (χ0) is 21.8. The molecule has 0 spiro atoms. The minimum atomic E-state index is -0.848. The van der Waals surface area contributed by atoms with Gasteiger partial charge in [0.2, 0.25) is 23.4 Å². The molecular formula is C21H20ClN5O3. The molecule has 0 bridgehead atoms. The van der Waals surface area contributed by atoms with E-state index in [0.29, 0.717) is 33.2 Å². The van der Waals surface area contributed by atoms with Crippen LogP contribution in [0, 0.1) is 13.5 Å². The molecule has 1 amide bonds. The molecule has 0 aliphatic heterocycles. The lowest BCUT2D eigenvalue weighted by Crippen LogP contribution is -2.23. The van der Waals surface area contributed by atoms with Gasteiger partial charge in [-0.25, -0.2) is 4.85 Å². The summed E-state index contributed by atoms with van der Waals surface area (Å²) < 4.78 is 5.79. The van der Waals surface area contributed by atoms with Crippen LogP contribution < -0.4 is 10.6 Å². The van der Waals surface area contributed by atoms with Crippen LogP contribution in [0.25, 0.3) is 16.3 Å². The van der Waals surface area contributed by atoms with Gasteiger partial charge in [-0.15, -0.1) is 10.2 Å². The maximum Gasteiger partial charge on any atom is 0.247 e. The Labute approximate surface area is 178 Å². The third-order valence-corrected chi connectivity index (χ3v) is 4.92. The van der Waals surface area contributed by atoms with E-state index in [1.54, 1.807) is 50.2 Å². The van der Waals surface area contributed by atoms with Crippen molar-refractivity contribution in [2.75, 3.05) is 10.6 Å². The Kier molecular flexibility index (Phi) is 6.35. The van der Waals surface area contributed by atoms with Crippen molar-refractivity contribution in [2.45, 2.75) is 32.9 Å². The van der Waals surface area contributed by atoms with Crippen LogP contribution in [-0.2, 0) is 4.79 Å². The Balaban J connectivity index is 1.85. The Morgan fingerprint density at radius 1 is 1.23 bits per heavy atom. The predicted molar refractivity (Wildman–Crippen MR) is 115 cm³/mol. The van der Waals surface area contributed by atoms with E-state index in [2.05, 4.69) is 25.7 Å². The summed E-state index contributed by atoms with van der Waals surface area (Å²) in [6.07, 6.45) is -0.848. The number of anilines is 2. The van der Waals surface area contributed by atoms with Crippen molar-refractivity contribution in [2.24, 2.45) is 0 Å². The van der Waals surface area contributed by atoms with E-state index < -0.39 is 12.1 Å². The minimum absolute atomic E-state index is 0.159. The van der Waals surface area contributed by atoms with Crippen LogP contribution in [-0.4, -0.2) is 27.3 Å². The highest BCUT2D eigenvalue weighted by atomic mass is 35.5. The first-order chi connectivity index (χ1) is 14.3. The lowest BCUT2D eigenvalue weighted by molar-refractivity contribution is -0.114. The second-order valence-electron chi connectivity index (χ2n) is 6.75. The second-order valence-corrected chi connectivity index (χ2v) is 7.13. The second kappa shape index (κ2) is 8.95. The van der Waals surface area contributed by atoms with Crippen LogP contribution >= 0.6 is 11.6 Å². The molecule has 0 saturated heterocycles. The van der Waals surface area contributed by atoms with E-state index in [0.717, 1.165) is 0 Å². The van der Waals surface area contributed by atoms with Crippen molar-refractivity contribution in [1.29, 1.82) is 0 Å². The smallest absolute Gasteiger partial charge is 0.247 e. The summed E-state index contributed by atoms with van der Waals surface area (Å²) in [4.78, 5) is 14.5. The molecule has 3 aromatic rings. The number of rotatable bonds is 6. The lowest BCUT2D eigenvalue weighted by Gasteiger charge is -2.21. The number of aliphatic hydroxyl groups is 1. The largest absolute Gasteiger partial charge is 0.418 e. The van der Waals surface area contributed by atoms with Gasteiger partial charge in [0, 0.05) is 23.9 Å². The number of hydrogen-bond donors (Lipinski definition) is 3. The lowest BCUT2D eigenvalue weighted by atomic mass is 10.1. The van der Waals surface area contributed by atoms with Gasteiger partial charge >= 0.3 is 0 Å². The average molecular weight is 426 g/mol. The van der Waals surface area contributed by atoms with E-state index in [1.807, 2.05) is 0 Å². The molecule has 8 nitrogen and oxygen atoms in total. The van der Waals surface area contributed by atoms with Gasteiger partial charge in [-0.2, -0.15) is 0 Å². The minimum Gasteiger partial charge on any atom is -0.418 e. The fourth-order valence-electron chi connectivity index (χ4n) is 2.85. The molecule has 154 valence electrons. The van der Waals surface area contributed by atoms with Gasteiger partial charge < -0.3 is 20.2 Å². The summed E-state index contributed by atoms with van der Waals surface area (Å²) in [7, 11) is 0. The molecule has 0 radical (unpaired) electrons. The first kappa shape index (κ1) is 21.3. The van der Waals surface area contributed by atoms with E-state index in [-0.39, 0.29) is 17.7 Å². The van der Waals surface area contributed by atoms with Crippen molar-refractivity contribution < 1.29 is 14.3 Å². The van der Waals surface area contributed by atoms with Crippen molar-refractivity contribution in [3.8, 4) is 11.5 Å². The highest BCUT2D eigenvalue weighted by Gasteiger charge is 2.25. The van der Waals surface area contributed by atoms with E-state index in [1.165, 1.54) is 6.92 Å². The van der Waals surface area contributed by atoms with Crippen LogP contribution in [0.15, 0.2) is 40.8 Å². The first-order valence-electron chi connectivity index (χ1n) is 9.12. The van der Waals surface area contributed by atoms with Crippen LogP contribution in [0.2, 0.25) is 5.02 Å². The van der Waals surface area contributed by atoms with Gasteiger partial charge in [0.25, 0.3) is 0 Å². The Bertz CT molecular complexity index is 1100. The normalized spacial score (nSPS) is 12.7. The monoisotopic (exact) mass is 425 g/mol. The molecule has 0 saturated carbocycles. The molecule has 0 fully saturated rings. The number of carbonyl (C=O) groups excluding carboxylic acids is 1. The summed E-state index contributed by atoms with van der Waals surface area (Å²) in [6, 6.07) is 9.62. The Morgan fingerprint density at radius 2 is 1.93 bits per heavy atom. The number of nitrogens with one attached hydrogen (secondary N) is 2. The maximum atomic E-state index is 11.1. The maximum absolute atomic E-state index is 11.1. The van der Waals surface area contributed by atoms with Crippen molar-refractivity contribution >= 4 is 34.6 Å². The molecule has 2 atom stereocenters. The van der Waals surface area contributed by atoms with Crippen molar-refractivity contribution in [3.63, 3.8) is 0 Å². The van der Waals surface area contributed by atoms with Gasteiger partial charge in [-0.1, -0.05) is 17.7 Å². The first-order valence-corrected chi connectivity index (χ1v) is 9.50. The summed E-state index contributed by atoms with van der Waals surface area (Å²) in [5.74, 6) is 0.328. The Morgan fingerprint density at radius 3 is 2.53 bits per heavy atom. The number of nitrogens with zero attached hydrogens (tertiary/aromatic N) is 3. The molecule has 2 aromatic carbocycles. The molecule has 0 unspecified atom stereocenters. The standard InChI is InChI=1S/C21H20ClN5O3/c1-11-16(9-10-17(23-4)18(11)22)25-19(12(2)28)21-27-26-20(30-21)14-5-7-15(8-6-14)24-13(3)29/h5-10,12,19,25,28H,1-3H3,(H,24,29)/t12-,19-/m1/s1. The summed E-state index contributed by atoms with van der Waals surface area (Å²) in [6.45, 7) is 12.0.